The molecule has 0 aliphatic heterocycles. The van der Waals surface area contributed by atoms with Crippen molar-refractivity contribution in [3.63, 3.8) is 0 Å². The summed E-state index contributed by atoms with van der Waals surface area (Å²) < 4.78 is 4.62. The largest absolute Gasteiger partial charge is 0.454 e. The van der Waals surface area contributed by atoms with Crippen LogP contribution in [-0.2, 0) is 0 Å². The summed E-state index contributed by atoms with van der Waals surface area (Å²) in [6, 6.07) is 5.13. The van der Waals surface area contributed by atoms with Gasteiger partial charge in [0.25, 0.3) is 0 Å². The average molecular weight is 111 g/mol. The third-order valence-corrected chi connectivity index (χ3v) is 0.631. The minimum atomic E-state index is 0. The highest BCUT2D eigenvalue weighted by Crippen LogP contribution is 1.94. The first-order valence-electron chi connectivity index (χ1n) is 1.87. The Morgan fingerprint density at radius 2 is 2.38 bits per heavy atom. The van der Waals surface area contributed by atoms with Crippen LogP contribution < -0.4 is 0 Å². The summed E-state index contributed by atoms with van der Waals surface area (Å²) in [4.78, 5) is 0. The summed E-state index contributed by atoms with van der Waals surface area (Å²) in [6.45, 7) is 0. The van der Waals surface area contributed by atoms with E-state index in [0.717, 1.165) is 0 Å². The molecule has 0 bridgehead atoms. The topological polar surface area (TPSA) is 68.4 Å². The van der Waals surface area contributed by atoms with Crippen LogP contribution in [0.1, 0.15) is 5.76 Å². The highest BCUT2D eigenvalue weighted by Gasteiger charge is 1.84. The Morgan fingerprint density at radius 1 is 1.62 bits per heavy atom. The molecule has 8 heavy (non-hydrogen) atoms. The number of rotatable bonds is 0. The quantitative estimate of drug-likeness (QED) is 0.484. The maximum absolute atomic E-state index is 8.08. The van der Waals surface area contributed by atoms with E-state index in [-0.39, 0.29) is 5.48 Å². The van der Waals surface area contributed by atoms with Gasteiger partial charge < -0.3 is 9.89 Å². The van der Waals surface area contributed by atoms with Crippen molar-refractivity contribution in [1.29, 1.82) is 5.26 Å². The van der Waals surface area contributed by atoms with Crippen LogP contribution in [0.3, 0.4) is 0 Å². The monoisotopic (exact) mass is 111 g/mol. The fourth-order valence-corrected chi connectivity index (χ4v) is 0.342. The van der Waals surface area contributed by atoms with Crippen molar-refractivity contribution in [1.82, 2.24) is 0 Å². The van der Waals surface area contributed by atoms with E-state index in [1.54, 1.807) is 12.1 Å². The summed E-state index contributed by atoms with van der Waals surface area (Å²) >= 11 is 0. The normalized spacial score (nSPS) is 6.88. The molecule has 0 atom stereocenters. The molecule has 3 heteroatoms. The van der Waals surface area contributed by atoms with Gasteiger partial charge in [0, 0.05) is 0 Å². The van der Waals surface area contributed by atoms with Gasteiger partial charge in [-0.3, -0.25) is 0 Å². The first-order valence-corrected chi connectivity index (χ1v) is 1.87. The van der Waals surface area contributed by atoms with Gasteiger partial charge >= 0.3 is 0 Å². The summed E-state index contributed by atoms with van der Waals surface area (Å²) in [5, 5.41) is 8.08. The lowest BCUT2D eigenvalue weighted by molar-refractivity contribution is 0.553. The van der Waals surface area contributed by atoms with Crippen LogP contribution in [0, 0.1) is 11.3 Å². The molecule has 0 saturated carbocycles. The zero-order chi connectivity index (χ0) is 5.11. The molecule has 1 aromatic heterocycles. The number of hydrogen-bond donors (Lipinski definition) is 0. The van der Waals surface area contributed by atoms with Crippen molar-refractivity contribution in [3.8, 4) is 6.07 Å². The molecule has 0 spiro atoms. The predicted molar refractivity (Wildman–Crippen MR) is 27.0 cm³/mol. The molecular formula is C5H5NO2. The number of nitrogens with zero attached hydrogens (tertiary/aromatic N) is 1. The number of hydrogen-bond acceptors (Lipinski definition) is 2. The molecule has 1 heterocycles. The molecule has 0 radical (unpaired) electrons. The zero-order valence-electron chi connectivity index (χ0n) is 4.09. The second-order valence-electron chi connectivity index (χ2n) is 1.09. The van der Waals surface area contributed by atoms with E-state index in [9.17, 15) is 0 Å². The van der Waals surface area contributed by atoms with Crippen molar-refractivity contribution in [3.05, 3.63) is 24.2 Å². The van der Waals surface area contributed by atoms with Gasteiger partial charge in [-0.15, -0.1) is 0 Å². The van der Waals surface area contributed by atoms with Gasteiger partial charge in [0.1, 0.15) is 6.07 Å². The second kappa shape index (κ2) is 2.83. The van der Waals surface area contributed by atoms with Crippen molar-refractivity contribution in [2.24, 2.45) is 0 Å². The third kappa shape index (κ3) is 1.10. The lowest BCUT2D eigenvalue weighted by Gasteiger charge is -1.65. The van der Waals surface area contributed by atoms with Gasteiger partial charge in [-0.05, 0) is 12.1 Å². The maximum Gasteiger partial charge on any atom is 0.203 e. The van der Waals surface area contributed by atoms with Gasteiger partial charge in [-0.1, -0.05) is 0 Å². The Kier molecular flexibility index (Phi) is 2.38. The fraction of sp³-hybridized carbons (Fsp3) is 0. The Morgan fingerprint density at radius 3 is 2.62 bits per heavy atom. The maximum atomic E-state index is 8.08. The Balaban J connectivity index is 0.000000490. The lowest BCUT2D eigenvalue weighted by Crippen LogP contribution is -1.54. The van der Waals surface area contributed by atoms with E-state index in [1.165, 1.54) is 6.26 Å². The molecule has 0 aliphatic carbocycles. The summed E-state index contributed by atoms with van der Waals surface area (Å²) in [7, 11) is 0. The van der Waals surface area contributed by atoms with Crippen LogP contribution in [0.4, 0.5) is 0 Å². The molecule has 3 nitrogen and oxygen atoms in total. The molecule has 1 aromatic rings. The van der Waals surface area contributed by atoms with Gasteiger partial charge in [0.2, 0.25) is 5.76 Å². The first kappa shape index (κ1) is 6.73. The third-order valence-electron chi connectivity index (χ3n) is 0.631. The van der Waals surface area contributed by atoms with Gasteiger partial charge in [0.05, 0.1) is 6.26 Å². The van der Waals surface area contributed by atoms with Crippen LogP contribution in [0.15, 0.2) is 22.8 Å². The highest BCUT2D eigenvalue weighted by atomic mass is 16.3. The highest BCUT2D eigenvalue weighted by molar-refractivity contribution is 5.14. The number of nitriles is 1. The Hall–Kier alpha value is -1.27. The van der Waals surface area contributed by atoms with E-state index < -0.39 is 0 Å². The summed E-state index contributed by atoms with van der Waals surface area (Å²) in [5.74, 6) is 0.361. The van der Waals surface area contributed by atoms with Crippen LogP contribution in [0.2, 0.25) is 0 Å². The molecule has 42 valence electrons. The van der Waals surface area contributed by atoms with E-state index in [4.69, 9.17) is 5.26 Å². The minimum Gasteiger partial charge on any atom is -0.454 e. The zero-order valence-corrected chi connectivity index (χ0v) is 4.09. The molecule has 0 fully saturated rings. The SMILES string of the molecule is N#Cc1ccco1.O. The van der Waals surface area contributed by atoms with Crippen molar-refractivity contribution < 1.29 is 9.89 Å². The molecule has 0 aliphatic rings. The molecule has 1 rings (SSSR count). The van der Waals surface area contributed by atoms with Crippen LogP contribution in [-0.4, -0.2) is 5.48 Å². The molecule has 0 saturated heterocycles. The lowest BCUT2D eigenvalue weighted by atomic mass is 10.5. The van der Waals surface area contributed by atoms with E-state index in [1.807, 2.05) is 6.07 Å². The predicted octanol–water partition coefficient (Wildman–Crippen LogP) is 0.327. The van der Waals surface area contributed by atoms with Crippen LogP contribution in [0.5, 0.6) is 0 Å². The molecule has 0 amide bonds. The van der Waals surface area contributed by atoms with E-state index in [0.29, 0.717) is 5.76 Å². The van der Waals surface area contributed by atoms with Crippen molar-refractivity contribution >= 4 is 0 Å². The number of furan rings is 1. The van der Waals surface area contributed by atoms with Crippen molar-refractivity contribution in [2.45, 2.75) is 0 Å². The summed E-state index contributed by atoms with van der Waals surface area (Å²) in [6.07, 6.45) is 1.47. The van der Waals surface area contributed by atoms with E-state index >= 15 is 0 Å². The molecular weight excluding hydrogens is 106 g/mol. The van der Waals surface area contributed by atoms with E-state index in [2.05, 4.69) is 4.42 Å². The summed E-state index contributed by atoms with van der Waals surface area (Å²) in [5.41, 5.74) is 0. The smallest absolute Gasteiger partial charge is 0.203 e. The fourth-order valence-electron chi connectivity index (χ4n) is 0.342. The Labute approximate surface area is 46.5 Å². The van der Waals surface area contributed by atoms with Gasteiger partial charge in [0.15, 0.2) is 0 Å². The molecule has 2 N–H and O–H groups in total. The van der Waals surface area contributed by atoms with Crippen molar-refractivity contribution in [2.75, 3.05) is 0 Å². The van der Waals surface area contributed by atoms with Gasteiger partial charge in [-0.25, -0.2) is 0 Å². The minimum absolute atomic E-state index is 0. The van der Waals surface area contributed by atoms with Crippen LogP contribution in [0.25, 0.3) is 0 Å². The average Bonchev–Trinajstić information content (AvgIpc) is 2.14. The standard InChI is InChI=1S/C5H3NO.H2O/c6-4-5-2-1-3-7-5;/h1-3H;1H2. The van der Waals surface area contributed by atoms with Crippen LogP contribution >= 0.6 is 0 Å². The van der Waals surface area contributed by atoms with Gasteiger partial charge in [-0.2, -0.15) is 5.26 Å². The Bertz CT molecular complexity index is 173. The molecule has 0 aromatic carbocycles. The second-order valence-corrected chi connectivity index (χ2v) is 1.09. The first-order chi connectivity index (χ1) is 3.43. The molecule has 0 unspecified atom stereocenters.